The van der Waals surface area contributed by atoms with Crippen molar-refractivity contribution >= 4 is 32.8 Å². The van der Waals surface area contributed by atoms with E-state index in [4.69, 9.17) is 9.72 Å². The fraction of sp³-hybridized carbons (Fsp3) is 0.387. The van der Waals surface area contributed by atoms with Gasteiger partial charge in [0.2, 0.25) is 10.0 Å². The Morgan fingerprint density at radius 1 is 1.07 bits per heavy atom. The molecule has 2 aromatic carbocycles. The average Bonchev–Trinajstić information content (AvgIpc) is 3.38. The number of piperazine rings is 1. The Bertz CT molecular complexity index is 1650. The second kappa shape index (κ2) is 13.6. The minimum absolute atomic E-state index is 0.0549. The number of nitrogens with one attached hydrogen (secondary N) is 1. The molecule has 5 rings (SSSR count). The number of fused-ring (bicyclic) bond motifs is 1. The van der Waals surface area contributed by atoms with Crippen LogP contribution in [-0.2, 0) is 21.3 Å². The quantitative estimate of drug-likeness (QED) is 0.217. The van der Waals surface area contributed by atoms with Crippen LogP contribution in [0.15, 0.2) is 71.9 Å². The van der Waals surface area contributed by atoms with E-state index in [1.54, 1.807) is 24.5 Å². The van der Waals surface area contributed by atoms with Gasteiger partial charge in [-0.15, -0.1) is 0 Å². The molecule has 1 fully saturated rings. The molecule has 1 aliphatic rings. The van der Waals surface area contributed by atoms with Gasteiger partial charge in [-0.3, -0.25) is 15.2 Å². The van der Waals surface area contributed by atoms with Gasteiger partial charge in [-0.05, 0) is 74.5 Å². The van der Waals surface area contributed by atoms with Crippen molar-refractivity contribution in [1.82, 2.24) is 23.7 Å². The maximum absolute atomic E-state index is 13.5. The Kier molecular flexibility index (Phi) is 9.69. The van der Waals surface area contributed by atoms with Gasteiger partial charge in [-0.25, -0.2) is 22.6 Å². The van der Waals surface area contributed by atoms with Crippen molar-refractivity contribution in [3.8, 4) is 11.4 Å². The van der Waals surface area contributed by atoms with Crippen molar-refractivity contribution in [3.05, 3.63) is 72.8 Å². The third-order valence-corrected chi connectivity index (χ3v) is 9.50. The minimum Gasteiger partial charge on any atom is -0.428 e. The number of ether oxygens (including phenoxy) is 1. The predicted octanol–water partition coefficient (Wildman–Crippen LogP) is 5.72. The molecule has 1 aliphatic heterocycles. The summed E-state index contributed by atoms with van der Waals surface area (Å²) >= 11 is 0. The number of benzene rings is 2. The number of pyridine rings is 1. The highest BCUT2D eigenvalue weighted by atomic mass is 32.2. The Hall–Kier alpha value is -3.87. The molecule has 1 amide bonds. The van der Waals surface area contributed by atoms with E-state index in [1.165, 1.54) is 16.4 Å². The third-order valence-electron chi connectivity index (χ3n) is 7.59. The summed E-state index contributed by atoms with van der Waals surface area (Å²) in [5, 5.41) is 2.75. The van der Waals surface area contributed by atoms with Gasteiger partial charge in [0.05, 0.1) is 22.5 Å². The number of anilines is 1. The molecular formula is C31H37FN6O4S. The topological polar surface area (TPSA) is 110 Å². The maximum Gasteiger partial charge on any atom is 0.413 e. The summed E-state index contributed by atoms with van der Waals surface area (Å²) in [5.41, 5.74) is 2.95. The molecule has 3 heterocycles. The smallest absolute Gasteiger partial charge is 0.413 e. The van der Waals surface area contributed by atoms with Gasteiger partial charge < -0.3 is 9.30 Å². The van der Waals surface area contributed by atoms with Gasteiger partial charge >= 0.3 is 6.09 Å². The lowest BCUT2D eigenvalue weighted by Crippen LogP contribution is -2.56. The van der Waals surface area contributed by atoms with Gasteiger partial charge in [-0.1, -0.05) is 26.2 Å². The van der Waals surface area contributed by atoms with Crippen molar-refractivity contribution in [2.24, 2.45) is 0 Å². The van der Waals surface area contributed by atoms with E-state index in [-0.39, 0.29) is 18.0 Å². The first-order valence-corrected chi connectivity index (χ1v) is 16.1. The fourth-order valence-corrected chi connectivity index (χ4v) is 6.87. The Labute approximate surface area is 251 Å². The number of aryl methyl sites for hydroxylation is 1. The van der Waals surface area contributed by atoms with Crippen LogP contribution in [0, 0.1) is 5.82 Å². The number of sulfonamides is 1. The number of aromatic nitrogens is 3. The number of hydrogen-bond acceptors (Lipinski definition) is 7. The van der Waals surface area contributed by atoms with Crippen LogP contribution < -0.4 is 5.32 Å². The van der Waals surface area contributed by atoms with Crippen LogP contribution in [0.25, 0.3) is 22.4 Å². The zero-order valence-corrected chi connectivity index (χ0v) is 25.3. The monoisotopic (exact) mass is 608 g/mol. The third kappa shape index (κ3) is 7.03. The molecule has 0 spiro atoms. The predicted molar refractivity (Wildman–Crippen MR) is 163 cm³/mol. The lowest BCUT2D eigenvalue weighted by atomic mass is 10.2. The van der Waals surface area contributed by atoms with Crippen molar-refractivity contribution in [1.29, 1.82) is 0 Å². The van der Waals surface area contributed by atoms with Crippen LogP contribution in [0.3, 0.4) is 0 Å². The SMILES string of the molecule is CCCCCCN1CCN(S(=O)(=O)c2ccc(F)cc2)C(OC(=O)Nc2ccc3c(c2)nc(-c2cccnc2)n3CC)C1. The standard InChI is InChI=1S/C31H37FN6O4S/c1-3-5-6-7-17-36-18-19-38(43(40,41)26-13-10-24(32)11-14-26)29(22-36)42-31(39)34-25-12-15-28-27(20-25)35-30(37(28)4-2)23-9-8-16-33-21-23/h8-16,20-21,29H,3-7,17-19,22H2,1-2H3,(H,34,39). The highest BCUT2D eigenvalue weighted by molar-refractivity contribution is 7.89. The number of nitrogens with zero attached hydrogens (tertiary/aromatic N) is 5. The molecule has 0 aliphatic carbocycles. The van der Waals surface area contributed by atoms with Crippen molar-refractivity contribution in [2.45, 2.75) is 57.2 Å². The van der Waals surface area contributed by atoms with Crippen molar-refractivity contribution in [3.63, 3.8) is 0 Å². The molecule has 2 aromatic heterocycles. The molecule has 228 valence electrons. The zero-order chi connectivity index (χ0) is 30.4. The number of unbranched alkanes of at least 4 members (excludes halogenated alkanes) is 3. The van der Waals surface area contributed by atoms with Gasteiger partial charge in [0.1, 0.15) is 11.6 Å². The lowest BCUT2D eigenvalue weighted by molar-refractivity contribution is -0.0167. The summed E-state index contributed by atoms with van der Waals surface area (Å²) in [7, 11) is -4.04. The van der Waals surface area contributed by atoms with Crippen molar-refractivity contribution in [2.75, 3.05) is 31.5 Å². The lowest BCUT2D eigenvalue weighted by Gasteiger charge is -2.39. The van der Waals surface area contributed by atoms with E-state index < -0.39 is 28.2 Å². The molecule has 0 bridgehead atoms. The Morgan fingerprint density at radius 3 is 2.60 bits per heavy atom. The highest BCUT2D eigenvalue weighted by Gasteiger charge is 2.38. The summed E-state index contributed by atoms with van der Waals surface area (Å²) in [6.07, 6.45) is 5.93. The summed E-state index contributed by atoms with van der Waals surface area (Å²) in [6, 6.07) is 13.9. The molecule has 1 atom stereocenters. The van der Waals surface area contributed by atoms with E-state index in [1.807, 2.05) is 25.1 Å². The number of hydrogen-bond donors (Lipinski definition) is 1. The van der Waals surface area contributed by atoms with Crippen LogP contribution in [0.2, 0.25) is 0 Å². The van der Waals surface area contributed by atoms with Crippen LogP contribution in [0.5, 0.6) is 0 Å². The van der Waals surface area contributed by atoms with Crippen LogP contribution in [-0.4, -0.2) is 70.7 Å². The van der Waals surface area contributed by atoms with Gasteiger partial charge in [0.15, 0.2) is 6.23 Å². The van der Waals surface area contributed by atoms with Crippen LogP contribution in [0.4, 0.5) is 14.9 Å². The van der Waals surface area contributed by atoms with E-state index >= 15 is 0 Å². The second-order valence-corrected chi connectivity index (χ2v) is 12.4. The Balaban J connectivity index is 1.34. The molecule has 12 heteroatoms. The minimum atomic E-state index is -4.04. The fourth-order valence-electron chi connectivity index (χ4n) is 5.38. The summed E-state index contributed by atoms with van der Waals surface area (Å²) in [6.45, 7) is 6.54. The number of carbonyl (C=O) groups is 1. The maximum atomic E-state index is 13.5. The number of amides is 1. The number of imidazole rings is 1. The first-order valence-electron chi connectivity index (χ1n) is 14.7. The number of rotatable bonds is 11. The molecule has 1 N–H and O–H groups in total. The number of carbonyl (C=O) groups excluding carboxylic acids is 1. The first kappa shape index (κ1) is 30.6. The summed E-state index contributed by atoms with van der Waals surface area (Å²) < 4.78 is 49.6. The number of halogens is 1. The molecule has 0 radical (unpaired) electrons. The van der Waals surface area contributed by atoms with Gasteiger partial charge in [0, 0.05) is 43.3 Å². The van der Waals surface area contributed by atoms with Gasteiger partial charge in [-0.2, -0.15) is 4.31 Å². The highest BCUT2D eigenvalue weighted by Crippen LogP contribution is 2.27. The second-order valence-electron chi connectivity index (χ2n) is 10.5. The molecule has 0 saturated carbocycles. The first-order chi connectivity index (χ1) is 20.8. The van der Waals surface area contributed by atoms with Crippen LogP contribution >= 0.6 is 0 Å². The molecule has 4 aromatic rings. The summed E-state index contributed by atoms with van der Waals surface area (Å²) in [5.74, 6) is 0.240. The van der Waals surface area contributed by atoms with E-state index in [0.29, 0.717) is 24.3 Å². The molecule has 43 heavy (non-hydrogen) atoms. The summed E-state index contributed by atoms with van der Waals surface area (Å²) in [4.78, 5) is 24.2. The zero-order valence-electron chi connectivity index (χ0n) is 24.4. The Morgan fingerprint density at radius 2 is 1.88 bits per heavy atom. The average molecular weight is 609 g/mol. The van der Waals surface area contributed by atoms with Crippen molar-refractivity contribution < 1.29 is 22.3 Å². The van der Waals surface area contributed by atoms with Crippen LogP contribution in [0.1, 0.15) is 39.5 Å². The molecule has 1 unspecified atom stereocenters. The van der Waals surface area contributed by atoms with Gasteiger partial charge in [0.25, 0.3) is 0 Å². The molecule has 1 saturated heterocycles. The van der Waals surface area contributed by atoms with E-state index in [9.17, 15) is 17.6 Å². The van der Waals surface area contributed by atoms with E-state index in [0.717, 1.165) is 61.3 Å². The normalized spacial score (nSPS) is 16.4. The molecule has 10 nitrogen and oxygen atoms in total. The van der Waals surface area contributed by atoms with E-state index in [2.05, 4.69) is 26.7 Å². The largest absolute Gasteiger partial charge is 0.428 e. The molecular weight excluding hydrogens is 571 g/mol.